The lowest BCUT2D eigenvalue weighted by Crippen LogP contribution is -2.54. The zero-order valence-electron chi connectivity index (χ0n) is 11.1. The smallest absolute Gasteiger partial charge is 0.245 e. The molecule has 1 amide bonds. The highest BCUT2D eigenvalue weighted by atomic mass is 16.5. The molecule has 0 aromatic carbocycles. The standard InChI is InChI=1S/C13H20N4O2/c1-2-15-13(18)12-9-19-7-6-17(12)11-4-3-5-16-10(11)8-14/h3-5,12H,2,6-9,14H2,1H3,(H,15,18). The molecule has 0 radical (unpaired) electrons. The molecule has 2 rings (SSSR count). The molecule has 6 nitrogen and oxygen atoms in total. The zero-order valence-corrected chi connectivity index (χ0v) is 11.1. The van der Waals surface area contributed by atoms with E-state index in [-0.39, 0.29) is 11.9 Å². The second kappa shape index (κ2) is 6.49. The summed E-state index contributed by atoms with van der Waals surface area (Å²) >= 11 is 0. The van der Waals surface area contributed by atoms with Crippen LogP contribution in [0.4, 0.5) is 5.69 Å². The number of carbonyl (C=O) groups excluding carboxylic acids is 1. The van der Waals surface area contributed by atoms with Crippen molar-refractivity contribution < 1.29 is 9.53 Å². The first-order valence-electron chi connectivity index (χ1n) is 6.54. The number of likely N-dealkylation sites (N-methyl/N-ethyl adjacent to an activating group) is 1. The minimum Gasteiger partial charge on any atom is -0.377 e. The highest BCUT2D eigenvalue weighted by Crippen LogP contribution is 2.22. The maximum atomic E-state index is 12.1. The van der Waals surface area contributed by atoms with Gasteiger partial charge in [-0.1, -0.05) is 0 Å². The van der Waals surface area contributed by atoms with Crippen molar-refractivity contribution >= 4 is 11.6 Å². The molecule has 6 heteroatoms. The average Bonchev–Trinajstić information content (AvgIpc) is 2.47. The van der Waals surface area contributed by atoms with Crippen LogP contribution in [-0.2, 0) is 16.1 Å². The number of ether oxygens (including phenoxy) is 1. The first-order valence-corrected chi connectivity index (χ1v) is 6.54. The fraction of sp³-hybridized carbons (Fsp3) is 0.538. The van der Waals surface area contributed by atoms with E-state index >= 15 is 0 Å². The van der Waals surface area contributed by atoms with Crippen molar-refractivity contribution in [2.45, 2.75) is 19.5 Å². The Hall–Kier alpha value is -1.66. The number of carbonyl (C=O) groups is 1. The Labute approximate surface area is 112 Å². The van der Waals surface area contributed by atoms with Crippen LogP contribution in [-0.4, -0.2) is 43.2 Å². The first kappa shape index (κ1) is 13.8. The van der Waals surface area contributed by atoms with Gasteiger partial charge in [0, 0.05) is 25.8 Å². The molecule has 0 aliphatic carbocycles. The van der Waals surface area contributed by atoms with Gasteiger partial charge in [-0.2, -0.15) is 0 Å². The maximum Gasteiger partial charge on any atom is 0.245 e. The Morgan fingerprint density at radius 1 is 1.68 bits per heavy atom. The monoisotopic (exact) mass is 264 g/mol. The van der Waals surface area contributed by atoms with Crippen molar-refractivity contribution in [3.63, 3.8) is 0 Å². The number of pyridine rings is 1. The Balaban J connectivity index is 2.26. The van der Waals surface area contributed by atoms with Gasteiger partial charge in [0.25, 0.3) is 0 Å². The van der Waals surface area contributed by atoms with Crippen molar-refractivity contribution in [2.75, 3.05) is 31.2 Å². The minimum atomic E-state index is -0.316. The summed E-state index contributed by atoms with van der Waals surface area (Å²) < 4.78 is 5.42. The number of nitrogens with zero attached hydrogens (tertiary/aromatic N) is 2. The lowest BCUT2D eigenvalue weighted by molar-refractivity contribution is -0.124. The van der Waals surface area contributed by atoms with E-state index in [4.69, 9.17) is 10.5 Å². The lowest BCUT2D eigenvalue weighted by atomic mass is 10.1. The number of morpholine rings is 1. The molecule has 1 aromatic rings. The van der Waals surface area contributed by atoms with E-state index in [0.29, 0.717) is 32.8 Å². The van der Waals surface area contributed by atoms with Crippen molar-refractivity contribution in [1.29, 1.82) is 0 Å². The molecule has 0 bridgehead atoms. The predicted octanol–water partition coefficient (Wildman–Crippen LogP) is -0.118. The molecule has 1 saturated heterocycles. The Bertz CT molecular complexity index is 438. The number of nitrogens with two attached hydrogens (primary N) is 1. The highest BCUT2D eigenvalue weighted by molar-refractivity contribution is 5.85. The van der Waals surface area contributed by atoms with Crippen LogP contribution in [0.1, 0.15) is 12.6 Å². The van der Waals surface area contributed by atoms with E-state index in [9.17, 15) is 4.79 Å². The second-order valence-corrected chi connectivity index (χ2v) is 4.35. The van der Waals surface area contributed by atoms with Crippen LogP contribution in [0.3, 0.4) is 0 Å². The fourth-order valence-corrected chi connectivity index (χ4v) is 2.25. The number of rotatable bonds is 4. The van der Waals surface area contributed by atoms with Crippen LogP contribution in [0.15, 0.2) is 18.3 Å². The van der Waals surface area contributed by atoms with Gasteiger partial charge in [-0.25, -0.2) is 0 Å². The van der Waals surface area contributed by atoms with E-state index in [0.717, 1.165) is 11.4 Å². The second-order valence-electron chi connectivity index (χ2n) is 4.35. The van der Waals surface area contributed by atoms with E-state index in [1.54, 1.807) is 6.20 Å². The van der Waals surface area contributed by atoms with Crippen LogP contribution >= 0.6 is 0 Å². The summed E-state index contributed by atoms with van der Waals surface area (Å²) in [6, 6.07) is 3.49. The molecule has 0 spiro atoms. The van der Waals surface area contributed by atoms with Crippen LogP contribution in [0, 0.1) is 0 Å². The van der Waals surface area contributed by atoms with E-state index in [2.05, 4.69) is 10.3 Å². The van der Waals surface area contributed by atoms with E-state index in [1.807, 2.05) is 24.0 Å². The Morgan fingerprint density at radius 3 is 3.26 bits per heavy atom. The molecule has 104 valence electrons. The third-order valence-electron chi connectivity index (χ3n) is 3.15. The van der Waals surface area contributed by atoms with Crippen LogP contribution < -0.4 is 16.0 Å². The van der Waals surface area contributed by atoms with E-state index in [1.165, 1.54) is 0 Å². The normalized spacial score (nSPS) is 19.3. The van der Waals surface area contributed by atoms with Crippen molar-refractivity contribution in [3.8, 4) is 0 Å². The van der Waals surface area contributed by atoms with Gasteiger partial charge >= 0.3 is 0 Å². The van der Waals surface area contributed by atoms with Gasteiger partial charge in [0.15, 0.2) is 0 Å². The summed E-state index contributed by atoms with van der Waals surface area (Å²) in [7, 11) is 0. The summed E-state index contributed by atoms with van der Waals surface area (Å²) in [5.74, 6) is -0.0194. The summed E-state index contributed by atoms with van der Waals surface area (Å²) in [6.45, 7) is 4.54. The molecule has 2 heterocycles. The predicted molar refractivity (Wildman–Crippen MR) is 72.8 cm³/mol. The van der Waals surface area contributed by atoms with Crippen LogP contribution in [0.25, 0.3) is 0 Å². The minimum absolute atomic E-state index is 0.0194. The molecule has 1 aliphatic heterocycles. The van der Waals surface area contributed by atoms with Crippen LogP contribution in [0.5, 0.6) is 0 Å². The number of anilines is 1. The zero-order chi connectivity index (χ0) is 13.7. The topological polar surface area (TPSA) is 80.5 Å². The largest absolute Gasteiger partial charge is 0.377 e. The summed E-state index contributed by atoms with van der Waals surface area (Å²) in [5.41, 5.74) is 7.44. The molecular weight excluding hydrogens is 244 g/mol. The van der Waals surface area contributed by atoms with Gasteiger partial charge in [-0.15, -0.1) is 0 Å². The van der Waals surface area contributed by atoms with Gasteiger partial charge in [-0.3, -0.25) is 9.78 Å². The number of hydrogen-bond acceptors (Lipinski definition) is 5. The molecule has 1 atom stereocenters. The van der Waals surface area contributed by atoms with Gasteiger partial charge in [0.2, 0.25) is 5.91 Å². The fourth-order valence-electron chi connectivity index (χ4n) is 2.25. The first-order chi connectivity index (χ1) is 9.27. The van der Waals surface area contributed by atoms with Crippen molar-refractivity contribution in [3.05, 3.63) is 24.0 Å². The van der Waals surface area contributed by atoms with Gasteiger partial charge in [0.05, 0.1) is 24.6 Å². The number of aromatic nitrogens is 1. The molecule has 1 unspecified atom stereocenters. The summed E-state index contributed by atoms with van der Waals surface area (Å²) in [4.78, 5) is 18.4. The van der Waals surface area contributed by atoms with Crippen molar-refractivity contribution in [2.24, 2.45) is 5.73 Å². The highest BCUT2D eigenvalue weighted by Gasteiger charge is 2.30. The molecule has 1 aromatic heterocycles. The third-order valence-corrected chi connectivity index (χ3v) is 3.15. The van der Waals surface area contributed by atoms with Crippen LogP contribution in [0.2, 0.25) is 0 Å². The molecular formula is C13H20N4O2. The SMILES string of the molecule is CCNC(=O)C1COCCN1c1cccnc1CN. The summed E-state index contributed by atoms with van der Waals surface area (Å²) in [5, 5.41) is 2.84. The number of hydrogen-bond donors (Lipinski definition) is 2. The molecule has 0 saturated carbocycles. The third kappa shape index (κ3) is 3.02. The summed E-state index contributed by atoms with van der Waals surface area (Å²) in [6.07, 6.45) is 1.72. The van der Waals surface area contributed by atoms with Gasteiger partial charge in [0.1, 0.15) is 6.04 Å². The van der Waals surface area contributed by atoms with Gasteiger partial charge in [-0.05, 0) is 19.1 Å². The molecule has 1 aliphatic rings. The lowest BCUT2D eigenvalue weighted by Gasteiger charge is -2.36. The Morgan fingerprint density at radius 2 is 2.53 bits per heavy atom. The molecule has 19 heavy (non-hydrogen) atoms. The quantitative estimate of drug-likeness (QED) is 0.792. The Kier molecular flexibility index (Phi) is 4.70. The van der Waals surface area contributed by atoms with E-state index < -0.39 is 0 Å². The average molecular weight is 264 g/mol. The number of amides is 1. The maximum absolute atomic E-state index is 12.1. The number of nitrogens with one attached hydrogen (secondary N) is 1. The molecule has 3 N–H and O–H groups in total. The van der Waals surface area contributed by atoms with Gasteiger partial charge < -0.3 is 20.7 Å². The molecule has 1 fully saturated rings. The van der Waals surface area contributed by atoms with Crippen molar-refractivity contribution in [1.82, 2.24) is 10.3 Å².